The quantitative estimate of drug-likeness (QED) is 0.524. The lowest BCUT2D eigenvalue weighted by Gasteiger charge is -2.23. The summed E-state index contributed by atoms with van der Waals surface area (Å²) in [6.07, 6.45) is -0.364. The van der Waals surface area contributed by atoms with Crippen molar-refractivity contribution >= 4 is 28.3 Å². The lowest BCUT2D eigenvalue weighted by molar-refractivity contribution is -0.137. The molecular weight excluding hydrogens is 413 g/mol. The number of pyridine rings is 1. The number of ether oxygens (including phenoxy) is 1. The van der Waals surface area contributed by atoms with E-state index in [1.165, 1.54) is 24.8 Å². The van der Waals surface area contributed by atoms with Gasteiger partial charge in [-0.05, 0) is 18.2 Å². The Morgan fingerprint density at radius 2 is 2.16 bits per heavy atom. The summed E-state index contributed by atoms with van der Waals surface area (Å²) in [5.74, 6) is -0.880. The van der Waals surface area contributed by atoms with E-state index in [9.17, 15) is 18.0 Å². The fourth-order valence-electron chi connectivity index (χ4n) is 3.55. The van der Waals surface area contributed by atoms with Gasteiger partial charge in [-0.2, -0.15) is 13.2 Å². The maximum absolute atomic E-state index is 13.4. The lowest BCUT2D eigenvalue weighted by Crippen LogP contribution is -2.32. The molecule has 31 heavy (non-hydrogen) atoms. The summed E-state index contributed by atoms with van der Waals surface area (Å²) in [5.41, 5.74) is 6.18. The van der Waals surface area contributed by atoms with Crippen LogP contribution in [0.1, 0.15) is 31.8 Å². The van der Waals surface area contributed by atoms with Gasteiger partial charge in [0.1, 0.15) is 34.9 Å². The number of nitrogens with two attached hydrogens (primary N) is 1. The Hall–Kier alpha value is -3.89. The molecule has 11 heteroatoms. The molecule has 0 fully saturated rings. The molecule has 1 amide bonds. The predicted molar refractivity (Wildman–Crippen MR) is 104 cm³/mol. The van der Waals surface area contributed by atoms with Gasteiger partial charge in [0.25, 0.3) is 5.91 Å². The number of nitrogen functional groups attached to an aromatic ring is 1. The number of nitrogens with zero attached hydrogens (tertiary/aromatic N) is 5. The SMILES string of the molecule is [2H]C([2H])([2H])N(C(=O)c1cc2c(cn1)nc(N)c1cncn12)C1COc2cc(C(F)(F)F)ccc21. The molecule has 1 aliphatic rings. The molecule has 158 valence electrons. The zero-order valence-electron chi connectivity index (χ0n) is 18.6. The van der Waals surface area contributed by atoms with Crippen LogP contribution in [0.25, 0.3) is 16.6 Å². The van der Waals surface area contributed by atoms with Crippen LogP contribution in [0.3, 0.4) is 0 Å². The minimum atomic E-state index is -4.60. The summed E-state index contributed by atoms with van der Waals surface area (Å²) in [5, 5.41) is 0. The van der Waals surface area contributed by atoms with E-state index in [0.717, 1.165) is 18.2 Å². The van der Waals surface area contributed by atoms with Crippen molar-refractivity contribution in [2.75, 3.05) is 19.3 Å². The Balaban J connectivity index is 1.58. The lowest BCUT2D eigenvalue weighted by atomic mass is 10.0. The van der Waals surface area contributed by atoms with Crippen LogP contribution in [0.5, 0.6) is 5.75 Å². The first-order chi connectivity index (χ1) is 15.9. The van der Waals surface area contributed by atoms with E-state index in [1.807, 2.05) is 0 Å². The average molecular weight is 431 g/mol. The number of carbonyl (C=O) groups excluding carboxylic acids is 1. The van der Waals surface area contributed by atoms with Gasteiger partial charge in [0.05, 0.1) is 35.8 Å². The van der Waals surface area contributed by atoms with Gasteiger partial charge in [0.2, 0.25) is 0 Å². The monoisotopic (exact) mass is 431 g/mol. The molecule has 0 aliphatic carbocycles. The van der Waals surface area contributed by atoms with E-state index < -0.39 is 30.7 Å². The summed E-state index contributed by atoms with van der Waals surface area (Å²) in [6, 6.07) is 2.95. The Morgan fingerprint density at radius 3 is 2.94 bits per heavy atom. The van der Waals surface area contributed by atoms with Gasteiger partial charge in [0, 0.05) is 16.7 Å². The highest BCUT2D eigenvalue weighted by Gasteiger charge is 2.36. The standard InChI is InChI=1S/C20H15F3N6O2/c1-28(16-8-31-17-4-10(20(21,22)23)2-3-11(16)17)19(30)12-5-14-13(6-26-12)27-18(24)15-7-25-9-29(14)15/h2-7,9,16H,8H2,1H3,(H2,24,27)/i1D3. The van der Waals surface area contributed by atoms with Crippen LogP contribution in [0.2, 0.25) is 0 Å². The number of likely N-dealkylation sites (N-methyl/N-ethyl adjacent to an activating group) is 1. The van der Waals surface area contributed by atoms with Crippen molar-refractivity contribution in [2.24, 2.45) is 0 Å². The molecule has 0 saturated carbocycles. The van der Waals surface area contributed by atoms with Crippen LogP contribution in [-0.4, -0.2) is 43.7 Å². The molecule has 2 N–H and O–H groups in total. The Labute approximate surface area is 177 Å². The third-order valence-corrected chi connectivity index (χ3v) is 5.11. The maximum Gasteiger partial charge on any atom is 0.416 e. The van der Waals surface area contributed by atoms with Crippen LogP contribution in [0.15, 0.2) is 43.0 Å². The van der Waals surface area contributed by atoms with Crippen LogP contribution < -0.4 is 10.5 Å². The van der Waals surface area contributed by atoms with Gasteiger partial charge in [-0.1, -0.05) is 6.07 Å². The zero-order valence-corrected chi connectivity index (χ0v) is 15.6. The van der Waals surface area contributed by atoms with Crippen molar-refractivity contribution in [2.45, 2.75) is 12.2 Å². The first-order valence-electron chi connectivity index (χ1n) is 10.5. The third-order valence-electron chi connectivity index (χ3n) is 5.11. The van der Waals surface area contributed by atoms with Crippen molar-refractivity contribution in [1.29, 1.82) is 0 Å². The number of fused-ring (bicyclic) bond motifs is 4. The number of imidazole rings is 1. The number of alkyl halides is 3. The molecule has 4 heterocycles. The largest absolute Gasteiger partial charge is 0.491 e. The van der Waals surface area contributed by atoms with E-state index in [-0.39, 0.29) is 29.4 Å². The Kier molecular flexibility index (Phi) is 3.36. The van der Waals surface area contributed by atoms with Crippen molar-refractivity contribution in [3.05, 3.63) is 59.8 Å². The molecule has 1 unspecified atom stereocenters. The highest BCUT2D eigenvalue weighted by molar-refractivity contribution is 5.96. The molecule has 0 saturated heterocycles. The second kappa shape index (κ2) is 6.56. The molecule has 1 atom stereocenters. The van der Waals surface area contributed by atoms with Gasteiger partial charge in [0.15, 0.2) is 0 Å². The summed E-state index contributed by atoms with van der Waals surface area (Å²) in [7, 11) is 0. The minimum Gasteiger partial charge on any atom is -0.491 e. The van der Waals surface area contributed by atoms with E-state index in [1.54, 1.807) is 4.40 Å². The first kappa shape index (κ1) is 15.9. The number of rotatable bonds is 2. The third kappa shape index (κ3) is 3.00. The van der Waals surface area contributed by atoms with Crippen molar-refractivity contribution in [3.63, 3.8) is 0 Å². The summed E-state index contributed by atoms with van der Waals surface area (Å²) < 4.78 is 69.9. The molecule has 0 radical (unpaired) electrons. The van der Waals surface area contributed by atoms with Crippen LogP contribution in [0.4, 0.5) is 19.0 Å². The molecule has 0 spiro atoms. The Morgan fingerprint density at radius 1 is 1.32 bits per heavy atom. The van der Waals surface area contributed by atoms with Crippen LogP contribution in [0, 0.1) is 0 Å². The second-order valence-electron chi connectivity index (χ2n) is 6.96. The van der Waals surface area contributed by atoms with Gasteiger partial charge in [-0.3, -0.25) is 9.20 Å². The van der Waals surface area contributed by atoms with Gasteiger partial charge < -0.3 is 15.4 Å². The van der Waals surface area contributed by atoms with Crippen molar-refractivity contribution < 1.29 is 26.8 Å². The maximum atomic E-state index is 13.4. The van der Waals surface area contributed by atoms with Crippen LogP contribution in [-0.2, 0) is 6.18 Å². The molecule has 3 aromatic heterocycles. The van der Waals surface area contributed by atoms with Gasteiger partial charge >= 0.3 is 6.18 Å². The molecular formula is C20H15F3N6O2. The Bertz CT molecular complexity index is 1450. The van der Waals surface area contributed by atoms with Gasteiger partial charge in [-0.15, -0.1) is 0 Å². The van der Waals surface area contributed by atoms with E-state index in [2.05, 4.69) is 15.0 Å². The topological polar surface area (TPSA) is 98.6 Å². The summed E-state index contributed by atoms with van der Waals surface area (Å²) >= 11 is 0. The zero-order chi connectivity index (χ0) is 24.4. The minimum absolute atomic E-state index is 0.131. The van der Waals surface area contributed by atoms with E-state index in [4.69, 9.17) is 14.6 Å². The highest BCUT2D eigenvalue weighted by atomic mass is 19.4. The molecule has 5 rings (SSSR count). The average Bonchev–Trinajstić information content (AvgIpc) is 3.40. The number of hydrogen-bond donors (Lipinski definition) is 1. The number of anilines is 1. The fourth-order valence-corrected chi connectivity index (χ4v) is 3.55. The predicted octanol–water partition coefficient (Wildman–Crippen LogP) is 3.08. The highest BCUT2D eigenvalue weighted by Crippen LogP contribution is 2.40. The molecule has 1 aromatic carbocycles. The number of benzene rings is 1. The number of amides is 1. The molecule has 1 aliphatic heterocycles. The molecule has 8 nitrogen and oxygen atoms in total. The van der Waals surface area contributed by atoms with Crippen molar-refractivity contribution in [3.8, 4) is 5.75 Å². The second-order valence-corrected chi connectivity index (χ2v) is 6.96. The normalized spacial score (nSPS) is 17.6. The number of halogens is 3. The summed E-state index contributed by atoms with van der Waals surface area (Å²) in [6.45, 7) is -3.26. The number of aromatic nitrogens is 4. The first-order valence-corrected chi connectivity index (χ1v) is 9.00. The van der Waals surface area contributed by atoms with E-state index in [0.29, 0.717) is 21.5 Å². The fraction of sp³-hybridized carbons (Fsp3) is 0.200. The number of hydrogen-bond acceptors (Lipinski definition) is 6. The van der Waals surface area contributed by atoms with E-state index >= 15 is 0 Å². The molecule has 0 bridgehead atoms. The number of carbonyl (C=O) groups is 1. The summed E-state index contributed by atoms with van der Waals surface area (Å²) in [4.78, 5) is 26.3. The smallest absolute Gasteiger partial charge is 0.416 e. The molecule has 4 aromatic rings. The van der Waals surface area contributed by atoms with Crippen LogP contribution >= 0.6 is 0 Å². The van der Waals surface area contributed by atoms with Crippen molar-refractivity contribution in [1.82, 2.24) is 24.3 Å². The van der Waals surface area contributed by atoms with Gasteiger partial charge in [-0.25, -0.2) is 15.0 Å².